The summed E-state index contributed by atoms with van der Waals surface area (Å²) in [6.45, 7) is 7.10. The maximum absolute atomic E-state index is 12.3. The van der Waals surface area contributed by atoms with Crippen LogP contribution >= 0.6 is 11.6 Å². The van der Waals surface area contributed by atoms with Gasteiger partial charge in [0.25, 0.3) is 5.91 Å². The fourth-order valence-corrected chi connectivity index (χ4v) is 2.74. The first-order valence-corrected chi connectivity index (χ1v) is 8.44. The Morgan fingerprint density at radius 3 is 2.44 bits per heavy atom. The number of nitrogens with zero attached hydrogens (tertiary/aromatic N) is 1. The maximum atomic E-state index is 12.3. The Bertz CT molecular complexity index is 765. The van der Waals surface area contributed by atoms with Crippen molar-refractivity contribution < 1.29 is 14.3 Å². The molecule has 0 aliphatic heterocycles. The number of rotatable bonds is 5. The van der Waals surface area contributed by atoms with E-state index in [-0.39, 0.29) is 10.7 Å². The van der Waals surface area contributed by atoms with Gasteiger partial charge in [0.15, 0.2) is 6.10 Å². The minimum atomic E-state index is -0.963. The zero-order chi connectivity index (χ0) is 18.6. The van der Waals surface area contributed by atoms with Gasteiger partial charge in [-0.25, -0.2) is 9.78 Å². The van der Waals surface area contributed by atoms with Gasteiger partial charge >= 0.3 is 5.97 Å². The topological polar surface area (TPSA) is 68.3 Å². The van der Waals surface area contributed by atoms with Crippen LogP contribution in [0.25, 0.3) is 0 Å². The minimum absolute atomic E-state index is 0.0743. The molecule has 1 N–H and O–H groups in total. The fraction of sp³-hybridized carbons (Fsp3) is 0.316. The molecule has 2 aromatic rings. The molecule has 1 atom stereocenters. The average molecular weight is 361 g/mol. The molecule has 2 rings (SSSR count). The van der Waals surface area contributed by atoms with Crippen molar-refractivity contribution in [3.63, 3.8) is 0 Å². The molecule has 0 saturated carbocycles. The summed E-state index contributed by atoms with van der Waals surface area (Å²) in [6.07, 6.45) is -0.0393. The summed E-state index contributed by atoms with van der Waals surface area (Å²) < 4.78 is 5.24. The number of hydrogen-bond donors (Lipinski definition) is 1. The molecule has 0 spiro atoms. The van der Waals surface area contributed by atoms with E-state index in [9.17, 15) is 9.59 Å². The summed E-state index contributed by atoms with van der Waals surface area (Å²) in [5, 5.41) is 2.80. The third-order valence-electron chi connectivity index (χ3n) is 3.79. The Labute approximate surface area is 152 Å². The largest absolute Gasteiger partial charge is 0.449 e. The number of carbonyl (C=O) groups excluding carboxylic acids is 2. The molecule has 0 unspecified atom stereocenters. The predicted octanol–water partition coefficient (Wildman–Crippen LogP) is 4.10. The number of ether oxygens (including phenoxy) is 1. The van der Waals surface area contributed by atoms with Gasteiger partial charge in [-0.15, -0.1) is 0 Å². The van der Waals surface area contributed by atoms with Crippen LogP contribution in [-0.4, -0.2) is 23.0 Å². The molecule has 0 aliphatic rings. The number of carbonyl (C=O) groups is 2. The highest BCUT2D eigenvalue weighted by Crippen LogP contribution is 2.20. The number of halogens is 1. The van der Waals surface area contributed by atoms with E-state index in [1.165, 1.54) is 12.5 Å². The van der Waals surface area contributed by atoms with E-state index < -0.39 is 18.0 Å². The van der Waals surface area contributed by atoms with E-state index in [1.54, 1.807) is 19.9 Å². The van der Waals surface area contributed by atoms with E-state index >= 15 is 0 Å². The van der Waals surface area contributed by atoms with Crippen LogP contribution in [0.4, 0.5) is 5.69 Å². The summed E-state index contributed by atoms with van der Waals surface area (Å²) >= 11 is 6.04. The van der Waals surface area contributed by atoms with Crippen molar-refractivity contribution in [3.8, 4) is 0 Å². The average Bonchev–Trinajstić information content (AvgIpc) is 2.54. The number of pyridine rings is 1. The summed E-state index contributed by atoms with van der Waals surface area (Å²) in [5.41, 5.74) is 3.37. The smallest absolute Gasteiger partial charge is 0.342 e. The number of nitrogens with one attached hydrogen (secondary N) is 1. The van der Waals surface area contributed by atoms with Crippen molar-refractivity contribution in [3.05, 3.63) is 57.9 Å². The minimum Gasteiger partial charge on any atom is -0.449 e. The third-order valence-corrected chi connectivity index (χ3v) is 4.06. The molecule has 1 aromatic heterocycles. The van der Waals surface area contributed by atoms with Gasteiger partial charge < -0.3 is 10.1 Å². The molecule has 0 fully saturated rings. The Morgan fingerprint density at radius 1 is 1.24 bits per heavy atom. The number of amides is 1. The molecule has 0 aliphatic carbocycles. The number of anilines is 1. The van der Waals surface area contributed by atoms with Gasteiger partial charge in [-0.3, -0.25) is 4.79 Å². The Kier molecular flexibility index (Phi) is 6.15. The second-order valence-electron chi connectivity index (χ2n) is 5.83. The van der Waals surface area contributed by atoms with Crippen LogP contribution in [0.15, 0.2) is 30.3 Å². The molecule has 1 heterocycles. The molecule has 5 nitrogen and oxygen atoms in total. The lowest BCUT2D eigenvalue weighted by atomic mass is 10.1. The summed E-state index contributed by atoms with van der Waals surface area (Å²) in [5.74, 6) is -1.08. The van der Waals surface area contributed by atoms with Crippen molar-refractivity contribution in [2.45, 2.75) is 40.2 Å². The normalized spacial score (nSPS) is 11.7. The van der Waals surface area contributed by atoms with Crippen molar-refractivity contribution in [2.24, 2.45) is 0 Å². The number of benzene rings is 1. The summed E-state index contributed by atoms with van der Waals surface area (Å²) in [7, 11) is 0. The highest BCUT2D eigenvalue weighted by molar-refractivity contribution is 6.32. The van der Waals surface area contributed by atoms with Crippen LogP contribution in [0.1, 0.15) is 41.0 Å². The highest BCUT2D eigenvalue weighted by Gasteiger charge is 2.23. The van der Waals surface area contributed by atoms with Crippen LogP contribution in [0.3, 0.4) is 0 Å². The van der Waals surface area contributed by atoms with Gasteiger partial charge in [-0.1, -0.05) is 30.7 Å². The van der Waals surface area contributed by atoms with E-state index in [2.05, 4.69) is 17.2 Å². The standard InChI is InChI=1S/C19H21ClN2O3/c1-5-14-6-8-15(9-7-14)22-18(23)13(4)25-19(24)16-11(2)10-12(3)21-17(16)20/h6-10,13H,5H2,1-4H3,(H,22,23)/t13-/m1/s1. The second kappa shape index (κ2) is 8.12. The van der Waals surface area contributed by atoms with Gasteiger partial charge in [-0.05, 0) is 56.5 Å². The second-order valence-corrected chi connectivity index (χ2v) is 6.19. The molecule has 1 aromatic carbocycles. The first-order chi connectivity index (χ1) is 11.8. The van der Waals surface area contributed by atoms with E-state index in [1.807, 2.05) is 24.3 Å². The quantitative estimate of drug-likeness (QED) is 0.644. The van der Waals surface area contributed by atoms with Crippen molar-refractivity contribution >= 4 is 29.2 Å². The molecule has 132 valence electrons. The van der Waals surface area contributed by atoms with Crippen LogP contribution in [0, 0.1) is 13.8 Å². The molecule has 0 saturated heterocycles. The van der Waals surface area contributed by atoms with Crippen LogP contribution in [0.2, 0.25) is 5.15 Å². The van der Waals surface area contributed by atoms with Gasteiger partial charge in [0, 0.05) is 11.4 Å². The number of aryl methyl sites for hydroxylation is 3. The lowest BCUT2D eigenvalue weighted by Crippen LogP contribution is -2.30. The molecule has 1 amide bonds. The van der Waals surface area contributed by atoms with Gasteiger partial charge in [0.05, 0.1) is 5.56 Å². The molecule has 0 bridgehead atoms. The van der Waals surface area contributed by atoms with Crippen LogP contribution < -0.4 is 5.32 Å². The van der Waals surface area contributed by atoms with Crippen LogP contribution in [0.5, 0.6) is 0 Å². The van der Waals surface area contributed by atoms with Gasteiger partial charge in [0.2, 0.25) is 0 Å². The first-order valence-electron chi connectivity index (χ1n) is 8.06. The Balaban J connectivity index is 2.04. The first kappa shape index (κ1) is 18.9. The lowest BCUT2D eigenvalue weighted by Gasteiger charge is -2.15. The lowest BCUT2D eigenvalue weighted by molar-refractivity contribution is -0.123. The van der Waals surface area contributed by atoms with Crippen LogP contribution in [-0.2, 0) is 16.0 Å². The van der Waals surface area contributed by atoms with Gasteiger partial charge in [-0.2, -0.15) is 0 Å². The molecule has 6 heteroatoms. The maximum Gasteiger partial charge on any atom is 0.342 e. The van der Waals surface area contributed by atoms with Crippen molar-refractivity contribution in [1.29, 1.82) is 0 Å². The van der Waals surface area contributed by atoms with E-state index in [0.29, 0.717) is 16.9 Å². The molecular weight excluding hydrogens is 340 g/mol. The Hall–Kier alpha value is -2.40. The SMILES string of the molecule is CCc1ccc(NC(=O)[C@@H](C)OC(=O)c2c(C)cc(C)nc2Cl)cc1. The van der Waals surface area contributed by atoms with E-state index in [0.717, 1.165) is 6.42 Å². The van der Waals surface area contributed by atoms with Gasteiger partial charge in [0.1, 0.15) is 5.15 Å². The molecular formula is C19H21ClN2O3. The highest BCUT2D eigenvalue weighted by atomic mass is 35.5. The Morgan fingerprint density at radius 2 is 1.88 bits per heavy atom. The fourth-order valence-electron chi connectivity index (χ4n) is 2.38. The van der Waals surface area contributed by atoms with Crippen molar-refractivity contribution in [1.82, 2.24) is 4.98 Å². The number of esters is 1. The monoisotopic (exact) mass is 360 g/mol. The predicted molar refractivity (Wildman–Crippen MR) is 98.0 cm³/mol. The number of hydrogen-bond acceptors (Lipinski definition) is 4. The molecule has 25 heavy (non-hydrogen) atoms. The zero-order valence-electron chi connectivity index (χ0n) is 14.7. The van der Waals surface area contributed by atoms with E-state index in [4.69, 9.17) is 16.3 Å². The third kappa shape index (κ3) is 4.79. The summed E-state index contributed by atoms with van der Waals surface area (Å²) in [6, 6.07) is 9.25. The van der Waals surface area contributed by atoms with Crippen molar-refractivity contribution in [2.75, 3.05) is 5.32 Å². The molecule has 0 radical (unpaired) electrons. The summed E-state index contributed by atoms with van der Waals surface area (Å²) in [4.78, 5) is 28.6. The zero-order valence-corrected chi connectivity index (χ0v) is 15.5. The number of aromatic nitrogens is 1.